The molecule has 1 atom stereocenters. The molecule has 2 fully saturated rings. The number of nitrogens with zero attached hydrogens (tertiary/aromatic N) is 4. The molecule has 0 aromatic carbocycles. The normalized spacial score (nSPS) is 19.6. The molecule has 2 aliphatic rings. The first kappa shape index (κ1) is 23.2. The van der Waals surface area contributed by atoms with Crippen LogP contribution >= 0.6 is 11.6 Å². The lowest BCUT2D eigenvalue weighted by atomic mass is 10.0. The summed E-state index contributed by atoms with van der Waals surface area (Å²) in [5, 5.41) is -0.255. The average molecular weight is 511 g/mol. The van der Waals surface area contributed by atoms with Crippen LogP contribution in [0, 0.1) is 0 Å². The number of alkyl halides is 3. The molecule has 5 heterocycles. The number of fused-ring (bicyclic) bond motifs is 1. The summed E-state index contributed by atoms with van der Waals surface area (Å²) in [5.41, 5.74) is -1.26. The molecule has 2 aliphatic heterocycles. The highest BCUT2D eigenvalue weighted by molar-refractivity contribution is 6.33. The quantitative estimate of drug-likeness (QED) is 0.523. The Bertz CT molecular complexity index is 1330. The van der Waals surface area contributed by atoms with E-state index in [9.17, 15) is 27.6 Å². The van der Waals surface area contributed by atoms with Crippen molar-refractivity contribution in [3.63, 3.8) is 0 Å². The number of carbonyl (C=O) groups excluding carboxylic acids is 3. The third-order valence-corrected chi connectivity index (χ3v) is 6.56. The monoisotopic (exact) mass is 510 g/mol. The Morgan fingerprint density at radius 3 is 2.49 bits per heavy atom. The highest BCUT2D eigenvalue weighted by Crippen LogP contribution is 2.37. The van der Waals surface area contributed by atoms with Crippen LogP contribution in [-0.2, 0) is 15.7 Å². The second kappa shape index (κ2) is 8.29. The number of hydrogen-bond acceptors (Lipinski definition) is 6. The van der Waals surface area contributed by atoms with E-state index in [-0.39, 0.29) is 29.5 Å². The van der Waals surface area contributed by atoms with Crippen LogP contribution in [0.15, 0.2) is 35.3 Å². The number of furan rings is 1. The van der Waals surface area contributed by atoms with Crippen molar-refractivity contribution in [3.05, 3.63) is 47.3 Å². The summed E-state index contributed by atoms with van der Waals surface area (Å²) in [5.74, 6) is -1.07. The SMILES string of the molecule is C[C@@H]1OC(=O)N(C2CCN(C(=O)c3nc4c(C(F)(F)F)cc(-c5ccoc5)cn4c3Cl)CC2)C1=O. The number of amides is 3. The average Bonchev–Trinajstić information content (AvgIpc) is 3.52. The zero-order valence-corrected chi connectivity index (χ0v) is 19.0. The van der Waals surface area contributed by atoms with E-state index in [1.54, 1.807) is 0 Å². The Hall–Kier alpha value is -3.54. The number of piperidine rings is 1. The minimum absolute atomic E-state index is 0.158. The Morgan fingerprint density at radius 2 is 1.91 bits per heavy atom. The maximum Gasteiger partial charge on any atom is 0.420 e. The highest BCUT2D eigenvalue weighted by atomic mass is 35.5. The molecule has 3 aromatic rings. The fraction of sp³-hybridized carbons (Fsp3) is 0.364. The van der Waals surface area contributed by atoms with E-state index in [1.165, 1.54) is 36.6 Å². The summed E-state index contributed by atoms with van der Waals surface area (Å²) in [4.78, 5) is 43.8. The van der Waals surface area contributed by atoms with Crippen molar-refractivity contribution >= 4 is 35.2 Å². The van der Waals surface area contributed by atoms with Crippen molar-refractivity contribution < 1.29 is 36.7 Å². The number of ether oxygens (including phenoxy) is 1. The molecule has 184 valence electrons. The lowest BCUT2D eigenvalue weighted by Crippen LogP contribution is -2.49. The molecule has 3 aromatic heterocycles. The fourth-order valence-electron chi connectivity index (χ4n) is 4.40. The van der Waals surface area contributed by atoms with E-state index in [1.807, 2.05) is 0 Å². The van der Waals surface area contributed by atoms with E-state index < -0.39 is 47.4 Å². The number of hydrogen-bond donors (Lipinski definition) is 0. The molecule has 0 N–H and O–H groups in total. The lowest BCUT2D eigenvalue weighted by molar-refractivity contribution is -0.136. The van der Waals surface area contributed by atoms with Gasteiger partial charge in [0, 0.05) is 36.5 Å². The first-order chi connectivity index (χ1) is 16.6. The number of rotatable bonds is 3. The van der Waals surface area contributed by atoms with Gasteiger partial charge in [-0.15, -0.1) is 0 Å². The van der Waals surface area contributed by atoms with E-state index in [2.05, 4.69) is 4.98 Å². The largest absolute Gasteiger partial charge is 0.472 e. The van der Waals surface area contributed by atoms with Crippen molar-refractivity contribution in [1.82, 2.24) is 19.2 Å². The topological polar surface area (TPSA) is 97.4 Å². The van der Waals surface area contributed by atoms with Gasteiger partial charge in [0.2, 0.25) is 0 Å². The van der Waals surface area contributed by atoms with Gasteiger partial charge in [0.25, 0.3) is 11.8 Å². The van der Waals surface area contributed by atoms with Gasteiger partial charge in [-0.25, -0.2) is 14.7 Å². The summed E-state index contributed by atoms with van der Waals surface area (Å²) in [7, 11) is 0. The van der Waals surface area contributed by atoms with E-state index in [4.69, 9.17) is 20.8 Å². The number of halogens is 4. The molecule has 5 rings (SSSR count). The van der Waals surface area contributed by atoms with Gasteiger partial charge < -0.3 is 14.1 Å². The molecule has 2 saturated heterocycles. The smallest absolute Gasteiger partial charge is 0.420 e. The molecule has 35 heavy (non-hydrogen) atoms. The Balaban J connectivity index is 1.43. The van der Waals surface area contributed by atoms with Crippen LogP contribution in [0.4, 0.5) is 18.0 Å². The van der Waals surface area contributed by atoms with Crippen LogP contribution in [0.3, 0.4) is 0 Å². The number of carbonyl (C=O) groups is 3. The lowest BCUT2D eigenvalue weighted by Gasteiger charge is -2.34. The Morgan fingerprint density at radius 1 is 1.20 bits per heavy atom. The van der Waals surface area contributed by atoms with E-state index >= 15 is 0 Å². The predicted molar refractivity (Wildman–Crippen MR) is 115 cm³/mol. The Kier molecular flexibility index (Phi) is 5.50. The molecule has 0 spiro atoms. The first-order valence-electron chi connectivity index (χ1n) is 10.7. The summed E-state index contributed by atoms with van der Waals surface area (Å²) in [6.45, 7) is 1.80. The number of cyclic esters (lactones) is 1. The van der Waals surface area contributed by atoms with E-state index in [0.29, 0.717) is 18.4 Å². The van der Waals surface area contributed by atoms with Crippen molar-refractivity contribution in [3.8, 4) is 11.1 Å². The third kappa shape index (κ3) is 3.91. The first-order valence-corrected chi connectivity index (χ1v) is 11.1. The maximum absolute atomic E-state index is 13.8. The van der Waals surface area contributed by atoms with Gasteiger partial charge >= 0.3 is 12.3 Å². The zero-order chi connectivity index (χ0) is 25.1. The predicted octanol–water partition coefficient (Wildman–Crippen LogP) is 4.24. The van der Waals surface area contributed by atoms with Gasteiger partial charge in [-0.2, -0.15) is 13.2 Å². The molecule has 3 amide bonds. The summed E-state index contributed by atoms with van der Waals surface area (Å²) >= 11 is 6.36. The number of pyridine rings is 1. The fourth-order valence-corrected chi connectivity index (χ4v) is 4.65. The van der Waals surface area contributed by atoms with Gasteiger partial charge in [-0.1, -0.05) is 11.6 Å². The maximum atomic E-state index is 13.8. The van der Waals surface area contributed by atoms with Gasteiger partial charge in [-0.05, 0) is 31.9 Å². The molecule has 0 radical (unpaired) electrons. The second-order valence-corrected chi connectivity index (χ2v) is 8.71. The van der Waals surface area contributed by atoms with Gasteiger partial charge in [-0.3, -0.25) is 14.0 Å². The van der Waals surface area contributed by atoms with Gasteiger partial charge in [0.15, 0.2) is 17.4 Å². The van der Waals surface area contributed by atoms with Crippen molar-refractivity contribution in [1.29, 1.82) is 0 Å². The number of imide groups is 1. The Labute approximate surface area is 201 Å². The highest BCUT2D eigenvalue weighted by Gasteiger charge is 2.43. The van der Waals surface area contributed by atoms with Crippen LogP contribution in [0.1, 0.15) is 35.8 Å². The van der Waals surface area contributed by atoms with Crippen LogP contribution in [0.2, 0.25) is 5.15 Å². The van der Waals surface area contributed by atoms with Gasteiger partial charge in [0.1, 0.15) is 5.15 Å². The molecule has 0 saturated carbocycles. The van der Waals surface area contributed by atoms with Crippen LogP contribution in [0.25, 0.3) is 16.8 Å². The summed E-state index contributed by atoms with van der Waals surface area (Å²) in [6.07, 6.45) is -1.74. The molecule has 0 bridgehead atoms. The van der Waals surface area contributed by atoms with Crippen LogP contribution in [0.5, 0.6) is 0 Å². The van der Waals surface area contributed by atoms with E-state index in [0.717, 1.165) is 15.4 Å². The minimum Gasteiger partial charge on any atom is -0.472 e. The molecular formula is C22H18ClF3N4O5. The summed E-state index contributed by atoms with van der Waals surface area (Å²) < 4.78 is 52.4. The zero-order valence-electron chi connectivity index (χ0n) is 18.2. The third-order valence-electron chi connectivity index (χ3n) is 6.20. The van der Waals surface area contributed by atoms with Crippen molar-refractivity contribution in [2.75, 3.05) is 13.1 Å². The van der Waals surface area contributed by atoms with Gasteiger partial charge in [0.05, 0.1) is 18.1 Å². The standard InChI is InChI=1S/C22H18ClF3N4O5/c1-11-19(31)30(21(33)35-11)14-2-5-28(6-3-14)20(32)16-17(23)29-9-13(12-4-7-34-10-12)8-15(18(29)27-16)22(24,25)26/h4,7-11,14H,2-3,5-6H2,1H3/t11-/m0/s1. The van der Waals surface area contributed by atoms with Crippen molar-refractivity contribution in [2.24, 2.45) is 0 Å². The van der Waals surface area contributed by atoms with Crippen LogP contribution in [-0.4, -0.2) is 62.3 Å². The van der Waals surface area contributed by atoms with Crippen LogP contribution < -0.4 is 0 Å². The number of likely N-dealkylation sites (tertiary alicyclic amines) is 1. The second-order valence-electron chi connectivity index (χ2n) is 8.35. The van der Waals surface area contributed by atoms with Crippen molar-refractivity contribution in [2.45, 2.75) is 38.1 Å². The number of aromatic nitrogens is 2. The molecule has 0 aliphatic carbocycles. The minimum atomic E-state index is -4.75. The number of imidazole rings is 1. The molecular weight excluding hydrogens is 493 g/mol. The molecule has 9 nitrogen and oxygen atoms in total. The summed E-state index contributed by atoms with van der Waals surface area (Å²) in [6, 6.07) is 2.00. The molecule has 13 heteroatoms. The molecule has 0 unspecified atom stereocenters.